The fraction of sp³-hybridized carbons (Fsp3) is 0.150. The monoisotopic (exact) mass is 384 g/mol. The van der Waals surface area contributed by atoms with E-state index in [2.05, 4.69) is 10.1 Å². The summed E-state index contributed by atoms with van der Waals surface area (Å²) in [7, 11) is 1.22. The molecule has 0 atom stereocenters. The number of nitrogens with zero attached hydrogens (tertiary/aromatic N) is 1. The Balaban J connectivity index is 1.79. The van der Waals surface area contributed by atoms with E-state index in [1.807, 2.05) is 0 Å². The van der Waals surface area contributed by atoms with Gasteiger partial charge in [0.1, 0.15) is 11.5 Å². The maximum Gasteiger partial charge on any atom is 0.337 e. The molecule has 7 nitrogen and oxygen atoms in total. The van der Waals surface area contributed by atoms with Crippen molar-refractivity contribution < 1.29 is 28.6 Å². The van der Waals surface area contributed by atoms with E-state index in [9.17, 15) is 18.8 Å². The first-order chi connectivity index (χ1) is 13.4. The van der Waals surface area contributed by atoms with E-state index in [-0.39, 0.29) is 24.4 Å². The van der Waals surface area contributed by atoms with Crippen molar-refractivity contribution in [3.05, 3.63) is 65.6 Å². The van der Waals surface area contributed by atoms with Gasteiger partial charge in [-0.2, -0.15) is 0 Å². The number of ether oxygens (including phenoxy) is 1. The minimum Gasteiger partial charge on any atom is -0.465 e. The van der Waals surface area contributed by atoms with E-state index >= 15 is 0 Å². The van der Waals surface area contributed by atoms with Gasteiger partial charge in [-0.3, -0.25) is 14.5 Å². The standard InChI is InChI=1S/C20H17FN2O5/c1-28-20(27)14-8-13(9-15(21)10-14)12-2-4-16(5-3-12)22-17-11-18(25)23(6-7-24)19(17)26/h2-5,8-11,22,24H,6-7H2,1H3. The van der Waals surface area contributed by atoms with E-state index in [0.29, 0.717) is 16.8 Å². The molecule has 8 heteroatoms. The molecule has 0 saturated heterocycles. The number of rotatable bonds is 6. The van der Waals surface area contributed by atoms with Crippen molar-refractivity contribution in [1.82, 2.24) is 4.90 Å². The molecule has 2 aromatic carbocycles. The number of benzene rings is 2. The summed E-state index contributed by atoms with van der Waals surface area (Å²) in [6, 6.07) is 10.6. The number of β-amino-alcohol motifs (C(OH)–C–C–N with tert-alkyl or cyclic N) is 1. The number of carbonyl (C=O) groups excluding carboxylic acids is 3. The predicted octanol–water partition coefficient (Wildman–Crippen LogP) is 1.94. The van der Waals surface area contributed by atoms with Gasteiger partial charge in [-0.05, 0) is 41.5 Å². The Kier molecular flexibility index (Phi) is 5.51. The number of nitrogens with one attached hydrogen (secondary N) is 1. The summed E-state index contributed by atoms with van der Waals surface area (Å²) < 4.78 is 18.4. The van der Waals surface area contributed by atoms with Gasteiger partial charge in [0.25, 0.3) is 11.8 Å². The third-order valence-electron chi connectivity index (χ3n) is 4.15. The number of imide groups is 1. The number of hydrogen-bond acceptors (Lipinski definition) is 6. The van der Waals surface area contributed by atoms with Gasteiger partial charge in [0.2, 0.25) is 0 Å². The van der Waals surface area contributed by atoms with E-state index in [1.165, 1.54) is 25.3 Å². The second-order valence-electron chi connectivity index (χ2n) is 6.00. The molecule has 1 aliphatic heterocycles. The van der Waals surface area contributed by atoms with Crippen LogP contribution in [0.4, 0.5) is 10.1 Å². The molecule has 2 N–H and O–H groups in total. The van der Waals surface area contributed by atoms with Crippen molar-refractivity contribution >= 4 is 23.5 Å². The van der Waals surface area contributed by atoms with Gasteiger partial charge in [0.15, 0.2) is 0 Å². The molecule has 0 fully saturated rings. The number of carbonyl (C=O) groups is 3. The van der Waals surface area contributed by atoms with Crippen molar-refractivity contribution in [2.75, 3.05) is 25.6 Å². The molecular formula is C20H17FN2O5. The van der Waals surface area contributed by atoms with Crippen molar-refractivity contribution in [2.24, 2.45) is 0 Å². The van der Waals surface area contributed by atoms with Gasteiger partial charge in [-0.25, -0.2) is 9.18 Å². The highest BCUT2D eigenvalue weighted by molar-refractivity contribution is 6.17. The summed E-state index contributed by atoms with van der Waals surface area (Å²) in [5, 5.41) is 11.8. The number of halogens is 1. The molecule has 1 aliphatic rings. The lowest BCUT2D eigenvalue weighted by molar-refractivity contribution is -0.137. The van der Waals surface area contributed by atoms with Crippen LogP contribution in [0.15, 0.2) is 54.2 Å². The lowest BCUT2D eigenvalue weighted by Gasteiger charge is -2.13. The van der Waals surface area contributed by atoms with Crippen LogP contribution in [0.5, 0.6) is 0 Å². The topological polar surface area (TPSA) is 95.9 Å². The third-order valence-corrected chi connectivity index (χ3v) is 4.15. The Hall–Kier alpha value is -3.52. The van der Waals surface area contributed by atoms with Crippen molar-refractivity contribution in [3.63, 3.8) is 0 Å². The highest BCUT2D eigenvalue weighted by Crippen LogP contribution is 2.25. The zero-order valence-corrected chi connectivity index (χ0v) is 14.9. The second kappa shape index (κ2) is 8.01. The molecule has 0 spiro atoms. The van der Waals surface area contributed by atoms with Gasteiger partial charge in [0, 0.05) is 11.8 Å². The molecule has 0 radical (unpaired) electrons. The predicted molar refractivity (Wildman–Crippen MR) is 98.7 cm³/mol. The summed E-state index contributed by atoms with van der Waals surface area (Å²) in [5.74, 6) is -2.21. The molecule has 0 aromatic heterocycles. The average Bonchev–Trinajstić information content (AvgIpc) is 2.95. The average molecular weight is 384 g/mol. The highest BCUT2D eigenvalue weighted by atomic mass is 19.1. The Morgan fingerprint density at radius 3 is 2.50 bits per heavy atom. The van der Waals surface area contributed by atoms with Crippen LogP contribution in [0.1, 0.15) is 10.4 Å². The minimum absolute atomic E-state index is 0.0691. The highest BCUT2D eigenvalue weighted by Gasteiger charge is 2.30. The number of methoxy groups -OCH3 is 1. The van der Waals surface area contributed by atoms with Crippen molar-refractivity contribution in [1.29, 1.82) is 0 Å². The maximum atomic E-state index is 13.8. The first-order valence-electron chi connectivity index (χ1n) is 8.37. The zero-order valence-electron chi connectivity index (χ0n) is 14.9. The van der Waals surface area contributed by atoms with Crippen LogP contribution in [0.25, 0.3) is 11.1 Å². The number of anilines is 1. The quantitative estimate of drug-likeness (QED) is 0.584. The number of aliphatic hydroxyl groups excluding tert-OH is 1. The third kappa shape index (κ3) is 3.91. The summed E-state index contributed by atoms with van der Waals surface area (Å²) >= 11 is 0. The molecule has 1 heterocycles. The van der Waals surface area contributed by atoms with E-state index < -0.39 is 23.6 Å². The van der Waals surface area contributed by atoms with Gasteiger partial charge in [-0.1, -0.05) is 12.1 Å². The first-order valence-corrected chi connectivity index (χ1v) is 8.37. The minimum atomic E-state index is -0.636. The van der Waals surface area contributed by atoms with Crippen LogP contribution >= 0.6 is 0 Å². The van der Waals surface area contributed by atoms with Crippen LogP contribution in [0.2, 0.25) is 0 Å². The van der Waals surface area contributed by atoms with E-state index in [1.54, 1.807) is 24.3 Å². The fourth-order valence-corrected chi connectivity index (χ4v) is 2.80. The smallest absolute Gasteiger partial charge is 0.337 e. The van der Waals surface area contributed by atoms with Crippen LogP contribution in [-0.2, 0) is 14.3 Å². The molecular weight excluding hydrogens is 367 g/mol. The maximum absolute atomic E-state index is 13.8. The van der Waals surface area contributed by atoms with Crippen molar-refractivity contribution in [3.8, 4) is 11.1 Å². The fourth-order valence-electron chi connectivity index (χ4n) is 2.80. The molecule has 144 valence electrons. The molecule has 28 heavy (non-hydrogen) atoms. The van der Waals surface area contributed by atoms with Crippen LogP contribution in [0, 0.1) is 5.82 Å². The Labute approximate surface area is 160 Å². The lowest BCUT2D eigenvalue weighted by atomic mass is 10.0. The Morgan fingerprint density at radius 1 is 1.14 bits per heavy atom. The number of amides is 2. The number of hydrogen-bond donors (Lipinski definition) is 2. The van der Waals surface area contributed by atoms with Crippen LogP contribution < -0.4 is 5.32 Å². The molecule has 2 aromatic rings. The molecule has 2 amide bonds. The normalized spacial score (nSPS) is 13.5. The summed E-state index contributed by atoms with van der Waals surface area (Å²) in [6.07, 6.45) is 1.17. The van der Waals surface area contributed by atoms with E-state index in [0.717, 1.165) is 11.0 Å². The van der Waals surface area contributed by atoms with Crippen LogP contribution in [-0.4, -0.2) is 48.1 Å². The van der Waals surface area contributed by atoms with Gasteiger partial charge < -0.3 is 15.2 Å². The molecule has 3 rings (SSSR count). The van der Waals surface area contributed by atoms with Crippen molar-refractivity contribution in [2.45, 2.75) is 0 Å². The second-order valence-corrected chi connectivity index (χ2v) is 6.00. The summed E-state index contributed by atoms with van der Waals surface area (Å²) in [6.45, 7) is -0.380. The largest absolute Gasteiger partial charge is 0.465 e. The zero-order chi connectivity index (χ0) is 20.3. The summed E-state index contributed by atoms with van der Waals surface area (Å²) in [4.78, 5) is 36.5. The number of aliphatic hydroxyl groups is 1. The SMILES string of the molecule is COC(=O)c1cc(F)cc(-c2ccc(NC3=CC(=O)N(CCO)C3=O)cc2)c1. The van der Waals surface area contributed by atoms with Gasteiger partial charge >= 0.3 is 5.97 Å². The van der Waals surface area contributed by atoms with Gasteiger partial charge in [0.05, 0.1) is 25.8 Å². The first kappa shape index (κ1) is 19.2. The number of esters is 1. The van der Waals surface area contributed by atoms with E-state index in [4.69, 9.17) is 5.11 Å². The van der Waals surface area contributed by atoms with Gasteiger partial charge in [-0.15, -0.1) is 0 Å². The molecule has 0 unspecified atom stereocenters. The Morgan fingerprint density at radius 2 is 1.86 bits per heavy atom. The molecule has 0 saturated carbocycles. The lowest BCUT2D eigenvalue weighted by Crippen LogP contribution is -2.34. The Bertz CT molecular complexity index is 969. The van der Waals surface area contributed by atoms with Crippen LogP contribution in [0.3, 0.4) is 0 Å². The molecule has 0 bridgehead atoms. The molecule has 0 aliphatic carbocycles. The summed E-state index contributed by atoms with van der Waals surface area (Å²) in [5.41, 5.74) is 1.90.